The van der Waals surface area contributed by atoms with Crippen molar-refractivity contribution in [2.24, 2.45) is 5.92 Å². The molecule has 1 aromatic heterocycles. The van der Waals surface area contributed by atoms with Crippen LogP contribution in [-0.4, -0.2) is 16.0 Å². The van der Waals surface area contributed by atoms with Crippen LogP contribution in [0.3, 0.4) is 0 Å². The Hall–Kier alpha value is -1.35. The molecule has 0 bridgehead atoms. The Bertz CT molecular complexity index is 527. The monoisotopic (exact) mass is 285 g/mol. The van der Waals surface area contributed by atoms with Gasteiger partial charge >= 0.3 is 0 Å². The van der Waals surface area contributed by atoms with Crippen molar-refractivity contribution in [2.45, 2.75) is 64.5 Å². The van der Waals surface area contributed by atoms with Crippen LogP contribution in [0.2, 0.25) is 0 Å². The molecule has 114 valence electrons. The van der Waals surface area contributed by atoms with Gasteiger partial charge in [-0.25, -0.2) is 4.98 Å². The molecule has 2 N–H and O–H groups in total. The topological polar surface area (TPSA) is 40.7 Å². The molecular formula is C18H27N3. The van der Waals surface area contributed by atoms with Crippen molar-refractivity contribution >= 4 is 11.0 Å². The van der Waals surface area contributed by atoms with Crippen LogP contribution < -0.4 is 5.32 Å². The number of aromatic amines is 1. The summed E-state index contributed by atoms with van der Waals surface area (Å²) in [5, 5.41) is 3.71. The van der Waals surface area contributed by atoms with Gasteiger partial charge in [-0.15, -0.1) is 0 Å². The molecule has 1 aliphatic carbocycles. The van der Waals surface area contributed by atoms with Crippen LogP contribution in [-0.2, 0) is 6.54 Å². The molecule has 0 aliphatic heterocycles. The van der Waals surface area contributed by atoms with Crippen LogP contribution in [0, 0.1) is 5.92 Å². The minimum atomic E-state index is 0.667. The van der Waals surface area contributed by atoms with Gasteiger partial charge in [-0.1, -0.05) is 44.7 Å². The molecular weight excluding hydrogens is 258 g/mol. The fourth-order valence-electron chi connectivity index (χ4n) is 3.61. The molecule has 0 spiro atoms. The van der Waals surface area contributed by atoms with Gasteiger partial charge in [0.05, 0.1) is 17.6 Å². The van der Waals surface area contributed by atoms with E-state index in [4.69, 9.17) is 0 Å². The van der Waals surface area contributed by atoms with Crippen molar-refractivity contribution in [2.75, 3.05) is 0 Å². The minimum absolute atomic E-state index is 0.667. The fraction of sp³-hybridized carbons (Fsp3) is 0.611. The summed E-state index contributed by atoms with van der Waals surface area (Å²) in [6.07, 6.45) is 9.59. The van der Waals surface area contributed by atoms with Gasteiger partial charge in [-0.3, -0.25) is 0 Å². The van der Waals surface area contributed by atoms with Crippen LogP contribution in [0.25, 0.3) is 11.0 Å². The lowest BCUT2D eigenvalue weighted by Crippen LogP contribution is -2.28. The van der Waals surface area contributed by atoms with Crippen LogP contribution in [0.4, 0.5) is 0 Å². The number of nitrogens with one attached hydrogen (secondary N) is 2. The Kier molecular flexibility index (Phi) is 4.91. The quantitative estimate of drug-likeness (QED) is 0.799. The van der Waals surface area contributed by atoms with Gasteiger partial charge in [0.25, 0.3) is 0 Å². The summed E-state index contributed by atoms with van der Waals surface area (Å²) in [4.78, 5) is 8.05. The lowest BCUT2D eigenvalue weighted by atomic mass is 9.95. The van der Waals surface area contributed by atoms with Crippen molar-refractivity contribution in [3.05, 3.63) is 30.1 Å². The summed E-state index contributed by atoms with van der Waals surface area (Å²) in [6, 6.07) is 8.92. The average molecular weight is 285 g/mol. The molecule has 1 heterocycles. The maximum Gasteiger partial charge on any atom is 0.121 e. The Balaban J connectivity index is 1.52. The van der Waals surface area contributed by atoms with E-state index in [9.17, 15) is 0 Å². The van der Waals surface area contributed by atoms with Gasteiger partial charge < -0.3 is 10.3 Å². The van der Waals surface area contributed by atoms with E-state index < -0.39 is 0 Å². The lowest BCUT2D eigenvalue weighted by molar-refractivity contribution is 0.408. The van der Waals surface area contributed by atoms with Gasteiger partial charge in [-0.05, 0) is 37.3 Å². The second-order valence-corrected chi connectivity index (χ2v) is 6.44. The zero-order valence-corrected chi connectivity index (χ0v) is 13.1. The van der Waals surface area contributed by atoms with Crippen LogP contribution in [0.5, 0.6) is 0 Å². The molecule has 3 rings (SSSR count). The van der Waals surface area contributed by atoms with E-state index in [0.717, 1.165) is 29.3 Å². The number of hydrogen-bond donors (Lipinski definition) is 2. The van der Waals surface area contributed by atoms with E-state index in [2.05, 4.69) is 40.4 Å². The van der Waals surface area contributed by atoms with Gasteiger partial charge in [0.1, 0.15) is 5.82 Å². The highest BCUT2D eigenvalue weighted by Crippen LogP contribution is 2.26. The third-order valence-corrected chi connectivity index (χ3v) is 4.78. The number of aromatic nitrogens is 2. The van der Waals surface area contributed by atoms with Gasteiger partial charge in [0.15, 0.2) is 0 Å². The van der Waals surface area contributed by atoms with Crippen LogP contribution >= 0.6 is 0 Å². The number of H-pyrrole nitrogens is 1. The Morgan fingerprint density at radius 1 is 1.19 bits per heavy atom. The zero-order chi connectivity index (χ0) is 14.5. The summed E-state index contributed by atoms with van der Waals surface area (Å²) >= 11 is 0. The summed E-state index contributed by atoms with van der Waals surface area (Å²) in [7, 11) is 0. The van der Waals surface area contributed by atoms with E-state index >= 15 is 0 Å². The van der Waals surface area contributed by atoms with Crippen LogP contribution in [0.1, 0.15) is 57.7 Å². The lowest BCUT2D eigenvalue weighted by Gasteiger charge is -2.16. The summed E-state index contributed by atoms with van der Waals surface area (Å²) < 4.78 is 0. The smallest absolute Gasteiger partial charge is 0.121 e. The van der Waals surface area contributed by atoms with E-state index in [1.165, 1.54) is 44.9 Å². The molecule has 2 unspecified atom stereocenters. The highest BCUT2D eigenvalue weighted by molar-refractivity contribution is 5.74. The maximum atomic E-state index is 4.65. The van der Waals surface area contributed by atoms with Gasteiger partial charge in [-0.2, -0.15) is 0 Å². The first kappa shape index (κ1) is 14.6. The second kappa shape index (κ2) is 7.08. The molecule has 0 amide bonds. The van der Waals surface area contributed by atoms with E-state index in [1.54, 1.807) is 0 Å². The Morgan fingerprint density at radius 2 is 2.10 bits per heavy atom. The normalized spacial score (nSPS) is 23.3. The average Bonchev–Trinajstić information content (AvgIpc) is 2.79. The summed E-state index contributed by atoms with van der Waals surface area (Å²) in [5.41, 5.74) is 2.20. The molecule has 3 heteroatoms. The molecule has 2 atom stereocenters. The molecule has 0 radical (unpaired) electrons. The number of para-hydroxylation sites is 2. The van der Waals surface area contributed by atoms with Crippen LogP contribution in [0.15, 0.2) is 24.3 Å². The van der Waals surface area contributed by atoms with Crippen molar-refractivity contribution < 1.29 is 0 Å². The third-order valence-electron chi connectivity index (χ3n) is 4.78. The molecule has 1 aromatic carbocycles. The minimum Gasteiger partial charge on any atom is -0.341 e. The highest BCUT2D eigenvalue weighted by atomic mass is 15.0. The van der Waals surface area contributed by atoms with Crippen molar-refractivity contribution in [1.82, 2.24) is 15.3 Å². The molecule has 21 heavy (non-hydrogen) atoms. The van der Waals surface area contributed by atoms with Crippen molar-refractivity contribution in [3.8, 4) is 0 Å². The number of rotatable bonds is 5. The van der Waals surface area contributed by atoms with Gasteiger partial charge in [0.2, 0.25) is 0 Å². The van der Waals surface area contributed by atoms with Crippen molar-refractivity contribution in [3.63, 3.8) is 0 Å². The molecule has 1 saturated carbocycles. The van der Waals surface area contributed by atoms with Crippen molar-refractivity contribution in [1.29, 1.82) is 0 Å². The molecule has 0 saturated heterocycles. The van der Waals surface area contributed by atoms with E-state index in [1.807, 2.05) is 6.07 Å². The first-order valence-corrected chi connectivity index (χ1v) is 8.52. The molecule has 2 aromatic rings. The fourth-order valence-corrected chi connectivity index (χ4v) is 3.61. The Labute approximate surface area is 127 Å². The number of imidazole rings is 1. The van der Waals surface area contributed by atoms with E-state index in [-0.39, 0.29) is 0 Å². The predicted molar refractivity (Wildman–Crippen MR) is 88.2 cm³/mol. The number of benzene rings is 1. The molecule has 1 fully saturated rings. The second-order valence-electron chi connectivity index (χ2n) is 6.44. The number of fused-ring (bicyclic) bond motifs is 1. The summed E-state index contributed by atoms with van der Waals surface area (Å²) in [6.45, 7) is 3.17. The standard InChI is InChI=1S/C18H27N3/c1-2-6-14-7-5-8-15(12-11-14)19-13-18-20-16-9-3-4-10-17(16)21-18/h3-4,9-10,14-15,19H,2,5-8,11-13H2,1H3,(H,20,21). The van der Waals surface area contributed by atoms with E-state index in [0.29, 0.717) is 6.04 Å². The summed E-state index contributed by atoms with van der Waals surface area (Å²) in [5.74, 6) is 2.03. The van der Waals surface area contributed by atoms with Gasteiger partial charge in [0, 0.05) is 6.04 Å². The first-order valence-electron chi connectivity index (χ1n) is 8.52. The highest BCUT2D eigenvalue weighted by Gasteiger charge is 2.18. The predicted octanol–water partition coefficient (Wildman–Crippen LogP) is 4.40. The number of hydrogen-bond acceptors (Lipinski definition) is 2. The maximum absolute atomic E-state index is 4.65. The zero-order valence-electron chi connectivity index (χ0n) is 13.1. The molecule has 1 aliphatic rings. The SMILES string of the molecule is CCCC1CCCC(NCc2nc3ccccc3[nH]2)CC1. The molecule has 3 nitrogen and oxygen atoms in total. The first-order chi connectivity index (χ1) is 10.3. The Morgan fingerprint density at radius 3 is 2.95 bits per heavy atom. The third kappa shape index (κ3) is 3.85. The number of nitrogens with zero attached hydrogens (tertiary/aromatic N) is 1. The largest absolute Gasteiger partial charge is 0.341 e.